The summed E-state index contributed by atoms with van der Waals surface area (Å²) in [4.78, 5) is 16.2. The maximum atomic E-state index is 12.4. The van der Waals surface area contributed by atoms with E-state index in [0.717, 1.165) is 16.2 Å². The van der Waals surface area contributed by atoms with Gasteiger partial charge in [0, 0.05) is 19.0 Å². The molecule has 0 fully saturated rings. The minimum absolute atomic E-state index is 0.0272. The van der Waals surface area contributed by atoms with E-state index in [1.807, 2.05) is 0 Å². The number of nitrogens with one attached hydrogen (secondary N) is 1. The molecule has 0 unspecified atom stereocenters. The zero-order valence-electron chi connectivity index (χ0n) is 13.2. The minimum Gasteiger partial charge on any atom is -0.302 e. The fourth-order valence-electron chi connectivity index (χ4n) is 1.89. The van der Waals surface area contributed by atoms with E-state index in [2.05, 4.69) is 26.2 Å². The molecule has 0 atom stereocenters. The SMILES string of the molecule is CCCN(O)S(=O)(=O)c1cc(-c2sc(NC(C)=O)nc2C)c(Br)s1. The monoisotopic (exact) mass is 453 g/mol. The standard InChI is InChI=1S/C13H16BrN3O4S3/c1-4-5-17(19)24(20,21)10-6-9(12(14)22-10)11-7(2)15-13(23-11)16-8(3)18/h6,19H,4-5H2,1-3H3,(H,15,16,18). The van der Waals surface area contributed by atoms with Crippen molar-refractivity contribution in [1.29, 1.82) is 0 Å². The molecule has 0 bridgehead atoms. The van der Waals surface area contributed by atoms with E-state index in [4.69, 9.17) is 0 Å². The lowest BCUT2D eigenvalue weighted by Gasteiger charge is -2.12. The summed E-state index contributed by atoms with van der Waals surface area (Å²) in [5.74, 6) is -0.224. The van der Waals surface area contributed by atoms with Gasteiger partial charge >= 0.3 is 0 Å². The van der Waals surface area contributed by atoms with Crippen LogP contribution in [0.1, 0.15) is 26.0 Å². The average molecular weight is 454 g/mol. The van der Waals surface area contributed by atoms with Gasteiger partial charge in [-0.25, -0.2) is 13.4 Å². The van der Waals surface area contributed by atoms with Crippen molar-refractivity contribution in [3.05, 3.63) is 15.5 Å². The van der Waals surface area contributed by atoms with Gasteiger partial charge in [-0.15, -0.1) is 11.3 Å². The predicted octanol–water partition coefficient (Wildman–Crippen LogP) is 3.69. The molecule has 2 rings (SSSR count). The molecule has 24 heavy (non-hydrogen) atoms. The zero-order chi connectivity index (χ0) is 18.1. The highest BCUT2D eigenvalue weighted by molar-refractivity contribution is 9.11. The predicted molar refractivity (Wildman–Crippen MR) is 98.1 cm³/mol. The third kappa shape index (κ3) is 4.03. The van der Waals surface area contributed by atoms with Crippen molar-refractivity contribution < 1.29 is 18.4 Å². The largest absolute Gasteiger partial charge is 0.302 e. The first-order valence-electron chi connectivity index (χ1n) is 6.93. The molecule has 2 N–H and O–H groups in total. The number of sulfonamides is 1. The molecule has 2 aromatic heterocycles. The Labute approximate surface area is 156 Å². The number of hydroxylamine groups is 1. The van der Waals surface area contributed by atoms with Crippen molar-refractivity contribution in [3.63, 3.8) is 0 Å². The third-order valence-corrected chi connectivity index (χ3v) is 7.92. The highest BCUT2D eigenvalue weighted by Gasteiger charge is 2.27. The third-order valence-electron chi connectivity index (χ3n) is 2.93. The van der Waals surface area contributed by atoms with Crippen LogP contribution in [0, 0.1) is 6.92 Å². The molecule has 2 heterocycles. The number of nitrogens with zero attached hydrogens (tertiary/aromatic N) is 2. The van der Waals surface area contributed by atoms with Crippen molar-refractivity contribution in [2.45, 2.75) is 31.4 Å². The molecule has 0 aliphatic rings. The van der Waals surface area contributed by atoms with Gasteiger partial charge in [-0.1, -0.05) is 22.7 Å². The van der Waals surface area contributed by atoms with Gasteiger partial charge in [-0.3, -0.25) is 10.0 Å². The van der Waals surface area contributed by atoms with Gasteiger partial charge in [0.15, 0.2) is 5.13 Å². The first kappa shape index (κ1) is 19.5. The molecule has 132 valence electrons. The maximum absolute atomic E-state index is 12.4. The van der Waals surface area contributed by atoms with E-state index in [0.29, 0.717) is 31.1 Å². The normalized spacial score (nSPS) is 11.9. The Morgan fingerprint density at radius 1 is 1.46 bits per heavy atom. The Morgan fingerprint density at radius 2 is 2.12 bits per heavy atom. The van der Waals surface area contributed by atoms with Gasteiger partial charge in [0.25, 0.3) is 10.0 Å². The number of hydrogen-bond donors (Lipinski definition) is 2. The lowest BCUT2D eigenvalue weighted by Crippen LogP contribution is -2.27. The van der Waals surface area contributed by atoms with E-state index in [1.165, 1.54) is 24.3 Å². The van der Waals surface area contributed by atoms with Gasteiger partial charge < -0.3 is 5.32 Å². The minimum atomic E-state index is -3.94. The molecule has 2 aromatic rings. The number of carbonyl (C=O) groups excluding carboxylic acids is 1. The van der Waals surface area contributed by atoms with E-state index < -0.39 is 10.0 Å². The average Bonchev–Trinajstić information content (AvgIpc) is 3.01. The fraction of sp³-hybridized carbons (Fsp3) is 0.385. The molecule has 0 radical (unpaired) electrons. The number of hydrogen-bond acceptors (Lipinski definition) is 7. The van der Waals surface area contributed by atoms with Gasteiger partial charge in [-0.05, 0) is 35.3 Å². The second-order valence-corrected chi connectivity index (χ2v) is 10.4. The van der Waals surface area contributed by atoms with Crippen LogP contribution < -0.4 is 5.32 Å². The maximum Gasteiger partial charge on any atom is 0.274 e. The van der Waals surface area contributed by atoms with E-state index >= 15 is 0 Å². The van der Waals surface area contributed by atoms with Crippen LogP contribution in [0.4, 0.5) is 5.13 Å². The number of anilines is 1. The smallest absolute Gasteiger partial charge is 0.274 e. The topological polar surface area (TPSA) is 99.6 Å². The molecule has 0 saturated carbocycles. The summed E-state index contributed by atoms with van der Waals surface area (Å²) in [6.45, 7) is 4.98. The van der Waals surface area contributed by atoms with Crippen molar-refractivity contribution in [2.24, 2.45) is 0 Å². The van der Waals surface area contributed by atoms with Gasteiger partial charge in [-0.2, -0.15) is 0 Å². The van der Waals surface area contributed by atoms with Crippen molar-refractivity contribution >= 4 is 59.7 Å². The molecule has 11 heteroatoms. The number of aryl methyl sites for hydroxylation is 1. The van der Waals surface area contributed by atoms with Crippen molar-refractivity contribution in [3.8, 4) is 10.4 Å². The number of thiophene rings is 1. The number of halogens is 1. The highest BCUT2D eigenvalue weighted by Crippen LogP contribution is 2.43. The highest BCUT2D eigenvalue weighted by atomic mass is 79.9. The lowest BCUT2D eigenvalue weighted by molar-refractivity contribution is -0.114. The Hall–Kier alpha value is -0.850. The molecular weight excluding hydrogens is 438 g/mol. The number of thiazole rings is 1. The van der Waals surface area contributed by atoms with Gasteiger partial charge in [0.2, 0.25) is 5.91 Å². The Balaban J connectivity index is 2.43. The Morgan fingerprint density at radius 3 is 2.71 bits per heavy atom. The second-order valence-electron chi connectivity index (χ2n) is 4.92. The summed E-state index contributed by atoms with van der Waals surface area (Å²) in [7, 11) is -3.94. The van der Waals surface area contributed by atoms with Crippen LogP contribution in [0.15, 0.2) is 14.1 Å². The van der Waals surface area contributed by atoms with E-state index in [-0.39, 0.29) is 16.7 Å². The number of amides is 1. The summed E-state index contributed by atoms with van der Waals surface area (Å²) in [5, 5.41) is 12.8. The lowest BCUT2D eigenvalue weighted by atomic mass is 10.2. The molecule has 7 nitrogen and oxygen atoms in total. The fourth-order valence-corrected chi connectivity index (χ4v) is 6.73. The van der Waals surface area contributed by atoms with E-state index in [1.54, 1.807) is 13.8 Å². The van der Waals surface area contributed by atoms with Crippen LogP contribution >= 0.6 is 38.6 Å². The first-order valence-corrected chi connectivity index (χ1v) is 10.8. The summed E-state index contributed by atoms with van der Waals surface area (Å²) in [5.41, 5.74) is 1.34. The van der Waals surface area contributed by atoms with Crippen LogP contribution in [-0.4, -0.2) is 35.5 Å². The number of rotatable bonds is 6. The Kier molecular flexibility index (Phi) is 6.15. The van der Waals surface area contributed by atoms with Crippen LogP contribution in [0.2, 0.25) is 0 Å². The van der Waals surface area contributed by atoms with E-state index in [9.17, 15) is 18.4 Å². The summed E-state index contributed by atoms with van der Waals surface area (Å²) < 4.78 is 25.7. The van der Waals surface area contributed by atoms with Crippen LogP contribution in [0.3, 0.4) is 0 Å². The second kappa shape index (κ2) is 7.58. The van der Waals surface area contributed by atoms with Crippen LogP contribution in [0.25, 0.3) is 10.4 Å². The van der Waals surface area contributed by atoms with Crippen LogP contribution in [0.5, 0.6) is 0 Å². The van der Waals surface area contributed by atoms with Gasteiger partial charge in [0.1, 0.15) is 4.21 Å². The summed E-state index contributed by atoms with van der Waals surface area (Å²) >= 11 is 5.66. The zero-order valence-corrected chi connectivity index (χ0v) is 17.2. The molecule has 0 spiro atoms. The van der Waals surface area contributed by atoms with Gasteiger partial charge in [0.05, 0.1) is 14.4 Å². The molecule has 0 saturated heterocycles. The Bertz CT molecular complexity index is 860. The molecule has 0 aliphatic carbocycles. The van der Waals surface area contributed by atoms with Crippen molar-refractivity contribution in [1.82, 2.24) is 9.45 Å². The quantitative estimate of drug-likeness (QED) is 0.649. The number of aromatic nitrogens is 1. The number of carbonyl (C=O) groups is 1. The molecule has 0 aliphatic heterocycles. The summed E-state index contributed by atoms with van der Waals surface area (Å²) in [6.07, 6.45) is 0.503. The first-order chi connectivity index (χ1) is 11.2. The van der Waals surface area contributed by atoms with Crippen LogP contribution in [-0.2, 0) is 14.8 Å². The summed E-state index contributed by atoms with van der Waals surface area (Å²) in [6, 6.07) is 1.50. The molecule has 0 aromatic carbocycles. The van der Waals surface area contributed by atoms with Crippen molar-refractivity contribution in [2.75, 3.05) is 11.9 Å². The molecular formula is C13H16BrN3O4S3. The molecule has 1 amide bonds.